The predicted octanol–water partition coefficient (Wildman–Crippen LogP) is 15.0. The fraction of sp³-hybridized carbons (Fsp3) is 0.814. The maximum atomic E-state index is 8.83. The fourth-order valence-corrected chi connectivity index (χ4v) is 7.29. The van der Waals surface area contributed by atoms with Crippen LogP contribution in [0.4, 0.5) is 0 Å². The molecule has 0 fully saturated rings. The topological polar surface area (TPSA) is 47.6 Å². The molecule has 0 aromatic heterocycles. The van der Waals surface area contributed by atoms with Crippen LogP contribution in [0.1, 0.15) is 235 Å². The van der Waals surface area contributed by atoms with Crippen LogP contribution in [0.25, 0.3) is 0 Å². The number of aryl methyl sites for hydroxylation is 1. The number of nitriles is 2. The molecule has 0 aliphatic carbocycles. The molecule has 2 atom stereocenters. The molecule has 1 aromatic rings. The number of hydrogen-bond acceptors (Lipinski definition) is 2. The van der Waals surface area contributed by atoms with Gasteiger partial charge in [-0.1, -0.05) is 173 Å². The zero-order chi connectivity index (χ0) is 32.6. The van der Waals surface area contributed by atoms with E-state index in [1.165, 1.54) is 173 Å². The van der Waals surface area contributed by atoms with Crippen molar-refractivity contribution in [3.63, 3.8) is 0 Å². The highest BCUT2D eigenvalue weighted by Crippen LogP contribution is 2.35. The summed E-state index contributed by atoms with van der Waals surface area (Å²) < 4.78 is 0. The number of rotatable bonds is 32. The summed E-state index contributed by atoms with van der Waals surface area (Å²) in [7, 11) is 0. The SMILES string of the molecule is CCCCCCCCCC(CCCCCCCC#N)c1ccc(C(CCCCCCCC#N)CCCCCCCCC)c(C)c1. The first-order valence-electron chi connectivity index (χ1n) is 20.0. The lowest BCUT2D eigenvalue weighted by Gasteiger charge is -2.23. The normalized spacial score (nSPS) is 12.6. The second kappa shape index (κ2) is 30.8. The molecule has 0 aliphatic heterocycles. The average molecular weight is 619 g/mol. The highest BCUT2D eigenvalue weighted by atomic mass is 14.2. The zero-order valence-electron chi connectivity index (χ0n) is 30.5. The number of nitrogens with zero attached hydrogens (tertiary/aromatic N) is 2. The molecule has 0 saturated carbocycles. The van der Waals surface area contributed by atoms with E-state index in [2.05, 4.69) is 51.1 Å². The molecule has 0 bridgehead atoms. The number of benzene rings is 1. The van der Waals surface area contributed by atoms with Gasteiger partial charge in [0.05, 0.1) is 12.1 Å². The number of unbranched alkanes of at least 4 members (excludes halogenated alkanes) is 22. The molecule has 1 rings (SSSR count). The van der Waals surface area contributed by atoms with Gasteiger partial charge < -0.3 is 0 Å². The molecular formula is C43H74N2. The van der Waals surface area contributed by atoms with Gasteiger partial charge in [0, 0.05) is 12.8 Å². The zero-order valence-corrected chi connectivity index (χ0v) is 30.5. The first kappa shape index (κ1) is 41.2. The first-order valence-corrected chi connectivity index (χ1v) is 20.0. The van der Waals surface area contributed by atoms with E-state index >= 15 is 0 Å². The van der Waals surface area contributed by atoms with Gasteiger partial charge in [0.2, 0.25) is 0 Å². The van der Waals surface area contributed by atoms with Crippen molar-refractivity contribution in [3.8, 4) is 12.1 Å². The van der Waals surface area contributed by atoms with Crippen molar-refractivity contribution in [2.24, 2.45) is 0 Å². The quantitative estimate of drug-likeness (QED) is 0.0754. The van der Waals surface area contributed by atoms with Crippen LogP contribution in [-0.4, -0.2) is 0 Å². The maximum Gasteiger partial charge on any atom is 0.0621 e. The smallest absolute Gasteiger partial charge is 0.0621 e. The molecule has 0 N–H and O–H groups in total. The molecule has 0 amide bonds. The van der Waals surface area contributed by atoms with Crippen LogP contribution < -0.4 is 0 Å². The Morgan fingerprint density at radius 1 is 0.467 bits per heavy atom. The molecule has 45 heavy (non-hydrogen) atoms. The van der Waals surface area contributed by atoms with Gasteiger partial charge in [-0.2, -0.15) is 10.5 Å². The van der Waals surface area contributed by atoms with Gasteiger partial charge in [-0.25, -0.2) is 0 Å². The molecule has 0 spiro atoms. The van der Waals surface area contributed by atoms with Gasteiger partial charge in [0.1, 0.15) is 0 Å². The lowest BCUT2D eigenvalue weighted by molar-refractivity contribution is 0.481. The molecule has 2 heteroatoms. The summed E-state index contributed by atoms with van der Waals surface area (Å²) >= 11 is 0. The van der Waals surface area contributed by atoms with Crippen molar-refractivity contribution >= 4 is 0 Å². The Morgan fingerprint density at radius 2 is 0.822 bits per heavy atom. The predicted molar refractivity (Wildman–Crippen MR) is 198 cm³/mol. The Labute approximate surface area is 282 Å². The van der Waals surface area contributed by atoms with E-state index in [0.29, 0.717) is 18.3 Å². The lowest BCUT2D eigenvalue weighted by Crippen LogP contribution is -2.05. The lowest BCUT2D eigenvalue weighted by atomic mass is 9.82. The van der Waals surface area contributed by atoms with Crippen LogP contribution in [-0.2, 0) is 0 Å². The monoisotopic (exact) mass is 619 g/mol. The fourth-order valence-electron chi connectivity index (χ4n) is 7.29. The summed E-state index contributed by atoms with van der Waals surface area (Å²) in [6, 6.07) is 12.3. The largest absolute Gasteiger partial charge is 0.198 e. The van der Waals surface area contributed by atoms with Crippen molar-refractivity contribution in [2.75, 3.05) is 0 Å². The molecular weight excluding hydrogens is 544 g/mol. The molecule has 0 aliphatic rings. The maximum absolute atomic E-state index is 8.83. The van der Waals surface area contributed by atoms with Crippen molar-refractivity contribution in [1.82, 2.24) is 0 Å². The second-order valence-electron chi connectivity index (χ2n) is 14.3. The van der Waals surface area contributed by atoms with E-state index in [4.69, 9.17) is 10.5 Å². The highest BCUT2D eigenvalue weighted by Gasteiger charge is 2.17. The van der Waals surface area contributed by atoms with Crippen molar-refractivity contribution in [3.05, 3.63) is 34.9 Å². The van der Waals surface area contributed by atoms with Crippen molar-refractivity contribution in [1.29, 1.82) is 10.5 Å². The van der Waals surface area contributed by atoms with Gasteiger partial charge in [0.25, 0.3) is 0 Å². The number of hydrogen-bond donors (Lipinski definition) is 0. The Balaban J connectivity index is 2.82. The van der Waals surface area contributed by atoms with Crippen LogP contribution in [0.5, 0.6) is 0 Å². The summed E-state index contributed by atoms with van der Waals surface area (Å²) in [5, 5.41) is 17.7. The third kappa shape index (κ3) is 22.4. The second-order valence-corrected chi connectivity index (χ2v) is 14.3. The highest BCUT2D eigenvalue weighted by molar-refractivity contribution is 5.35. The minimum Gasteiger partial charge on any atom is -0.198 e. The minimum absolute atomic E-state index is 0.697. The van der Waals surface area contributed by atoms with Crippen LogP contribution in [0, 0.1) is 29.6 Å². The molecule has 2 unspecified atom stereocenters. The van der Waals surface area contributed by atoms with Gasteiger partial charge >= 0.3 is 0 Å². The van der Waals surface area contributed by atoms with Gasteiger partial charge in [-0.3, -0.25) is 0 Å². The Kier molecular flexibility index (Phi) is 28.2. The Bertz CT molecular complexity index is 875. The molecule has 1 aromatic carbocycles. The minimum atomic E-state index is 0.697. The van der Waals surface area contributed by atoms with E-state index in [1.54, 1.807) is 11.1 Å². The summed E-state index contributed by atoms with van der Waals surface area (Å²) in [5.41, 5.74) is 4.76. The third-order valence-corrected chi connectivity index (χ3v) is 10.2. The average Bonchev–Trinajstić information content (AvgIpc) is 3.04. The van der Waals surface area contributed by atoms with Crippen molar-refractivity contribution in [2.45, 2.75) is 225 Å². The molecule has 256 valence electrons. The van der Waals surface area contributed by atoms with E-state index in [0.717, 1.165) is 19.3 Å². The Hall–Kier alpha value is -1.80. The van der Waals surface area contributed by atoms with E-state index in [-0.39, 0.29) is 0 Å². The Morgan fingerprint density at radius 3 is 1.20 bits per heavy atom. The molecule has 2 nitrogen and oxygen atoms in total. The van der Waals surface area contributed by atoms with E-state index < -0.39 is 0 Å². The van der Waals surface area contributed by atoms with E-state index in [1.807, 2.05) is 0 Å². The summed E-state index contributed by atoms with van der Waals surface area (Å²) in [6.07, 6.45) is 38.6. The van der Waals surface area contributed by atoms with Crippen molar-refractivity contribution < 1.29 is 0 Å². The first-order chi connectivity index (χ1) is 22.2. The van der Waals surface area contributed by atoms with Crippen LogP contribution in [0.2, 0.25) is 0 Å². The van der Waals surface area contributed by atoms with E-state index in [9.17, 15) is 0 Å². The summed E-state index contributed by atoms with van der Waals surface area (Å²) in [4.78, 5) is 0. The summed E-state index contributed by atoms with van der Waals surface area (Å²) in [6.45, 7) is 7.01. The summed E-state index contributed by atoms with van der Waals surface area (Å²) in [5.74, 6) is 1.39. The third-order valence-electron chi connectivity index (χ3n) is 10.2. The molecule has 0 saturated heterocycles. The standard InChI is InChI=1S/C43H74N2/c1-4-6-8-10-12-18-24-30-40(31-25-19-14-16-22-28-36-44)42-34-35-43(39(3)38-42)41(32-26-20-13-11-9-7-5-2)33-27-21-15-17-23-29-37-45/h34-35,38,40-41H,4-33H2,1-3H3. The van der Waals surface area contributed by atoms with Gasteiger partial charge in [-0.05, 0) is 74.0 Å². The molecule has 0 heterocycles. The van der Waals surface area contributed by atoms with Crippen LogP contribution in [0.15, 0.2) is 18.2 Å². The van der Waals surface area contributed by atoms with Gasteiger partial charge in [-0.15, -0.1) is 0 Å². The van der Waals surface area contributed by atoms with Gasteiger partial charge in [0.15, 0.2) is 0 Å². The van der Waals surface area contributed by atoms with Crippen LogP contribution >= 0.6 is 0 Å². The molecule has 0 radical (unpaired) electrons. The van der Waals surface area contributed by atoms with Crippen LogP contribution in [0.3, 0.4) is 0 Å².